The molecule has 260 valence electrons. The maximum absolute atomic E-state index is 14.8. The molecule has 0 radical (unpaired) electrons. The van der Waals surface area contributed by atoms with E-state index in [1.165, 1.54) is 12.3 Å². The molecular formula is C39H48N2O7Si. The van der Waals surface area contributed by atoms with Crippen molar-refractivity contribution in [3.63, 3.8) is 0 Å². The highest BCUT2D eigenvalue weighted by Gasteiger charge is 2.66. The SMILES string of the molecule is COC(=O)CCCCN1C(=O)[C@]2(O[C@H](CC(=O)N3Cc4ccccc4C[C@H]3CO)[C@@H]([Si](C)(C)c3ccc(OC)cc3)[C@@H]2C)c2ccccc21. The smallest absolute Gasteiger partial charge is 0.305 e. The lowest BCUT2D eigenvalue weighted by molar-refractivity contribution is -0.151. The Balaban J connectivity index is 1.36. The largest absolute Gasteiger partial charge is 0.497 e. The summed E-state index contributed by atoms with van der Waals surface area (Å²) >= 11 is 0. The number of amides is 2. The number of ether oxygens (including phenoxy) is 3. The van der Waals surface area contributed by atoms with Gasteiger partial charge in [-0.05, 0) is 54.1 Å². The fourth-order valence-corrected chi connectivity index (χ4v) is 12.7. The summed E-state index contributed by atoms with van der Waals surface area (Å²) in [5.74, 6) is 0.0813. The monoisotopic (exact) mass is 684 g/mol. The average Bonchev–Trinajstić information content (AvgIpc) is 3.55. The van der Waals surface area contributed by atoms with E-state index in [1.54, 1.807) is 12.0 Å². The number of methoxy groups -OCH3 is 2. The number of fused-ring (bicyclic) bond motifs is 3. The van der Waals surface area contributed by atoms with E-state index in [-0.39, 0.29) is 48.3 Å². The zero-order valence-corrected chi connectivity index (χ0v) is 30.2. The van der Waals surface area contributed by atoms with Crippen LogP contribution in [0.5, 0.6) is 5.75 Å². The molecule has 3 aromatic rings. The molecule has 1 fully saturated rings. The number of carbonyl (C=O) groups is 3. The molecule has 10 heteroatoms. The molecule has 3 aliphatic rings. The summed E-state index contributed by atoms with van der Waals surface area (Å²) in [5.41, 5.74) is 2.55. The second-order valence-electron chi connectivity index (χ2n) is 14.2. The van der Waals surface area contributed by atoms with Crippen molar-refractivity contribution in [3.05, 3.63) is 89.5 Å². The number of esters is 1. The van der Waals surface area contributed by atoms with Crippen molar-refractivity contribution in [2.75, 3.05) is 32.3 Å². The van der Waals surface area contributed by atoms with Crippen LogP contribution in [0.15, 0.2) is 72.8 Å². The van der Waals surface area contributed by atoms with Crippen LogP contribution in [0.25, 0.3) is 0 Å². The zero-order valence-electron chi connectivity index (χ0n) is 29.2. The molecule has 0 bridgehead atoms. The van der Waals surface area contributed by atoms with Crippen molar-refractivity contribution < 1.29 is 33.7 Å². The third kappa shape index (κ3) is 6.19. The summed E-state index contributed by atoms with van der Waals surface area (Å²) in [6, 6.07) is 23.8. The Kier molecular flexibility index (Phi) is 10.0. The molecule has 3 aliphatic heterocycles. The molecule has 0 aromatic heterocycles. The first-order chi connectivity index (χ1) is 23.6. The van der Waals surface area contributed by atoms with Gasteiger partial charge in [-0.25, -0.2) is 0 Å². The summed E-state index contributed by atoms with van der Waals surface area (Å²) in [6.45, 7) is 7.48. The van der Waals surface area contributed by atoms with Gasteiger partial charge in [-0.2, -0.15) is 0 Å². The van der Waals surface area contributed by atoms with Gasteiger partial charge in [-0.15, -0.1) is 0 Å². The van der Waals surface area contributed by atoms with E-state index in [2.05, 4.69) is 38.2 Å². The zero-order chi connectivity index (χ0) is 34.9. The molecule has 2 amide bonds. The third-order valence-electron chi connectivity index (χ3n) is 11.2. The molecule has 49 heavy (non-hydrogen) atoms. The van der Waals surface area contributed by atoms with Crippen LogP contribution >= 0.6 is 0 Å². The maximum atomic E-state index is 14.8. The van der Waals surface area contributed by atoms with Crippen molar-refractivity contribution in [1.82, 2.24) is 4.90 Å². The maximum Gasteiger partial charge on any atom is 0.305 e. The predicted molar refractivity (Wildman–Crippen MR) is 190 cm³/mol. The van der Waals surface area contributed by atoms with Gasteiger partial charge in [0.15, 0.2) is 5.60 Å². The Morgan fingerprint density at radius 1 is 0.980 bits per heavy atom. The molecule has 3 heterocycles. The molecule has 1 N–H and O–H groups in total. The quantitative estimate of drug-likeness (QED) is 0.173. The second-order valence-corrected chi connectivity index (χ2v) is 18.9. The number of nitrogens with zero attached hydrogens (tertiary/aromatic N) is 2. The van der Waals surface area contributed by atoms with Crippen LogP contribution in [-0.4, -0.2) is 75.4 Å². The minimum atomic E-state index is -2.44. The van der Waals surface area contributed by atoms with Crippen LogP contribution in [0.4, 0.5) is 5.69 Å². The van der Waals surface area contributed by atoms with Gasteiger partial charge in [0.2, 0.25) is 5.91 Å². The van der Waals surface area contributed by atoms with E-state index in [4.69, 9.17) is 14.2 Å². The number of aliphatic hydroxyl groups excluding tert-OH is 1. The number of unbranched alkanes of at least 4 members (excludes halogenated alkanes) is 1. The van der Waals surface area contributed by atoms with Crippen LogP contribution in [0.1, 0.15) is 49.3 Å². The Hall–Kier alpha value is -3.99. The second kappa shape index (κ2) is 14.1. The van der Waals surface area contributed by atoms with E-state index in [0.29, 0.717) is 38.8 Å². The molecule has 6 rings (SSSR count). The van der Waals surface area contributed by atoms with Gasteiger partial charge >= 0.3 is 5.97 Å². The Labute approximate surface area is 290 Å². The summed E-state index contributed by atoms with van der Waals surface area (Å²) in [5, 5.41) is 11.6. The molecule has 0 unspecified atom stereocenters. The highest BCUT2D eigenvalue weighted by Crippen LogP contribution is 2.60. The number of aliphatic hydroxyl groups is 1. The standard InChI is InChI=1S/C39H48N2O7Si/c1-26-37(49(4,5)31-19-17-30(46-2)18-20-31)34(23-35(43)41-24-28-13-7-6-12-27(28)22-29(41)25-42)48-39(26)32-14-8-9-15-33(32)40(38(39)45)21-11-10-16-36(44)47-3/h6-9,12-15,17-20,26,29,34,37,42H,10-11,16,21-25H2,1-5H3/t26-,29-,34+,37-,39+/m0/s1. The summed E-state index contributed by atoms with van der Waals surface area (Å²) in [4.78, 5) is 44.6. The van der Waals surface area contributed by atoms with Crippen molar-refractivity contribution >= 4 is 36.7 Å². The Morgan fingerprint density at radius 2 is 1.67 bits per heavy atom. The van der Waals surface area contributed by atoms with Crippen molar-refractivity contribution in [2.45, 2.75) is 82.0 Å². The lowest BCUT2D eigenvalue weighted by Gasteiger charge is -2.39. The first kappa shape index (κ1) is 34.9. The van der Waals surface area contributed by atoms with Crippen molar-refractivity contribution in [2.24, 2.45) is 5.92 Å². The Morgan fingerprint density at radius 3 is 2.37 bits per heavy atom. The van der Waals surface area contributed by atoms with Gasteiger partial charge in [-0.1, -0.05) is 79.8 Å². The van der Waals surface area contributed by atoms with E-state index >= 15 is 0 Å². The molecule has 0 aliphatic carbocycles. The topological polar surface area (TPSA) is 106 Å². The van der Waals surface area contributed by atoms with Crippen LogP contribution < -0.4 is 14.8 Å². The number of hydrogen-bond acceptors (Lipinski definition) is 7. The number of carbonyl (C=O) groups excluding carboxylic acids is 3. The molecular weight excluding hydrogens is 637 g/mol. The first-order valence-corrected chi connectivity index (χ1v) is 20.4. The van der Waals surface area contributed by atoms with E-state index in [9.17, 15) is 19.5 Å². The van der Waals surface area contributed by atoms with Gasteiger partial charge < -0.3 is 29.1 Å². The predicted octanol–water partition coefficient (Wildman–Crippen LogP) is 4.94. The number of benzene rings is 3. The van der Waals surface area contributed by atoms with Crippen LogP contribution in [0, 0.1) is 5.92 Å². The highest BCUT2D eigenvalue weighted by atomic mass is 28.3. The molecule has 3 aromatic carbocycles. The van der Waals surface area contributed by atoms with Gasteiger partial charge in [0, 0.05) is 31.0 Å². The van der Waals surface area contributed by atoms with Gasteiger partial charge in [0.05, 0.1) is 53.2 Å². The lowest BCUT2D eigenvalue weighted by Crippen LogP contribution is -2.52. The fraction of sp³-hybridized carbons (Fsp3) is 0.462. The van der Waals surface area contributed by atoms with Gasteiger partial charge in [-0.3, -0.25) is 14.4 Å². The minimum Gasteiger partial charge on any atom is -0.497 e. The minimum absolute atomic E-state index is 0.0780. The van der Waals surface area contributed by atoms with E-state index in [0.717, 1.165) is 28.1 Å². The number of para-hydroxylation sites is 1. The van der Waals surface area contributed by atoms with Crippen molar-refractivity contribution in [3.8, 4) is 5.75 Å². The lowest BCUT2D eigenvalue weighted by atomic mass is 9.82. The normalized spacial score (nSPS) is 24.6. The molecule has 1 spiro atoms. The molecule has 0 saturated carbocycles. The highest BCUT2D eigenvalue weighted by molar-refractivity contribution is 6.91. The summed E-state index contributed by atoms with van der Waals surface area (Å²) < 4.78 is 17.4. The van der Waals surface area contributed by atoms with Crippen LogP contribution in [0.2, 0.25) is 18.6 Å². The van der Waals surface area contributed by atoms with E-state index in [1.807, 2.05) is 59.5 Å². The van der Waals surface area contributed by atoms with Gasteiger partial charge in [0.1, 0.15) is 5.75 Å². The van der Waals surface area contributed by atoms with Crippen LogP contribution in [0.3, 0.4) is 0 Å². The fourth-order valence-electron chi connectivity index (χ4n) is 8.66. The Bertz CT molecular complexity index is 1690. The summed E-state index contributed by atoms with van der Waals surface area (Å²) in [7, 11) is 0.589. The molecule has 1 saturated heterocycles. The first-order valence-electron chi connectivity index (χ1n) is 17.3. The van der Waals surface area contributed by atoms with Gasteiger partial charge in [0.25, 0.3) is 5.91 Å². The summed E-state index contributed by atoms with van der Waals surface area (Å²) in [6.07, 6.45) is 1.70. The third-order valence-corrected chi connectivity index (χ3v) is 15.6. The van der Waals surface area contributed by atoms with Crippen molar-refractivity contribution in [1.29, 1.82) is 0 Å². The average molecular weight is 685 g/mol. The van der Waals surface area contributed by atoms with Crippen LogP contribution in [-0.2, 0) is 42.4 Å². The number of rotatable bonds is 11. The van der Waals surface area contributed by atoms with E-state index < -0.39 is 19.8 Å². The number of anilines is 1. The number of hydrogen-bond donors (Lipinski definition) is 1. The molecule has 5 atom stereocenters. The molecule has 9 nitrogen and oxygen atoms in total.